The van der Waals surface area contributed by atoms with Crippen molar-refractivity contribution < 1.29 is 17.9 Å². The van der Waals surface area contributed by atoms with Gasteiger partial charge < -0.3 is 10.1 Å². The summed E-state index contributed by atoms with van der Waals surface area (Å²) in [5.74, 6) is -0.135. The molecule has 0 saturated carbocycles. The van der Waals surface area contributed by atoms with Crippen LogP contribution in [0.4, 0.5) is 0 Å². The van der Waals surface area contributed by atoms with E-state index < -0.39 is 10.2 Å². The molecule has 0 bridgehead atoms. The van der Waals surface area contributed by atoms with Gasteiger partial charge in [0.15, 0.2) is 0 Å². The predicted molar refractivity (Wildman–Crippen MR) is 69.4 cm³/mol. The first-order valence-electron chi connectivity index (χ1n) is 6.64. The number of nitrogens with two attached hydrogens (primary N) is 1. The van der Waals surface area contributed by atoms with Gasteiger partial charge in [0.05, 0.1) is 6.10 Å². The summed E-state index contributed by atoms with van der Waals surface area (Å²) in [6, 6.07) is 0. The van der Waals surface area contributed by atoms with Crippen LogP contribution in [0.2, 0.25) is 0 Å². The van der Waals surface area contributed by atoms with E-state index in [9.17, 15) is 13.2 Å². The average molecular weight is 291 g/mol. The zero-order valence-corrected chi connectivity index (χ0v) is 11.7. The van der Waals surface area contributed by atoms with Crippen molar-refractivity contribution in [3.8, 4) is 0 Å². The fourth-order valence-corrected chi connectivity index (χ4v) is 3.26. The van der Waals surface area contributed by atoms with Crippen LogP contribution in [0.15, 0.2) is 0 Å². The number of nitrogens with zero attached hydrogens (tertiary/aromatic N) is 1. The molecule has 0 spiro atoms. The predicted octanol–water partition coefficient (Wildman–Crippen LogP) is -0.803. The van der Waals surface area contributed by atoms with E-state index in [1.54, 1.807) is 0 Å². The highest BCUT2D eigenvalue weighted by Crippen LogP contribution is 2.19. The minimum absolute atomic E-state index is 0.00966. The molecule has 8 heteroatoms. The first-order valence-corrected chi connectivity index (χ1v) is 8.14. The van der Waals surface area contributed by atoms with Crippen LogP contribution in [-0.2, 0) is 19.7 Å². The highest BCUT2D eigenvalue weighted by molar-refractivity contribution is 7.86. The molecule has 1 unspecified atom stereocenters. The number of rotatable bonds is 4. The van der Waals surface area contributed by atoms with Crippen LogP contribution >= 0.6 is 0 Å². The SMILES string of the molecule is NS(=O)(=O)N1CCC(C(=O)NCC2CCCO2)CC1. The van der Waals surface area contributed by atoms with E-state index in [2.05, 4.69) is 5.32 Å². The minimum Gasteiger partial charge on any atom is -0.376 e. The van der Waals surface area contributed by atoms with E-state index in [1.807, 2.05) is 0 Å². The number of nitrogens with one attached hydrogen (secondary N) is 1. The lowest BCUT2D eigenvalue weighted by molar-refractivity contribution is -0.126. The minimum atomic E-state index is -3.62. The lowest BCUT2D eigenvalue weighted by Gasteiger charge is -2.29. The number of hydrogen-bond donors (Lipinski definition) is 2. The Morgan fingerprint density at radius 2 is 2.00 bits per heavy atom. The largest absolute Gasteiger partial charge is 0.376 e. The van der Waals surface area contributed by atoms with Crippen LogP contribution in [0, 0.1) is 5.92 Å². The molecule has 0 aromatic heterocycles. The molecule has 0 aromatic rings. The van der Waals surface area contributed by atoms with Crippen molar-refractivity contribution in [2.24, 2.45) is 11.1 Å². The summed E-state index contributed by atoms with van der Waals surface area (Å²) in [5.41, 5.74) is 0. The Morgan fingerprint density at radius 1 is 1.32 bits per heavy atom. The molecule has 0 radical (unpaired) electrons. The number of carbonyl (C=O) groups excluding carboxylic acids is 1. The number of ether oxygens (including phenoxy) is 1. The summed E-state index contributed by atoms with van der Waals surface area (Å²) < 4.78 is 29.0. The third-order valence-electron chi connectivity index (χ3n) is 3.71. The van der Waals surface area contributed by atoms with E-state index in [1.165, 1.54) is 4.31 Å². The fourth-order valence-electron chi connectivity index (χ4n) is 2.54. The highest BCUT2D eigenvalue weighted by Gasteiger charge is 2.29. The molecule has 2 heterocycles. The Labute approximate surface area is 113 Å². The molecule has 2 aliphatic rings. The van der Waals surface area contributed by atoms with Crippen molar-refractivity contribution in [3.05, 3.63) is 0 Å². The molecule has 19 heavy (non-hydrogen) atoms. The second-order valence-electron chi connectivity index (χ2n) is 5.10. The standard InChI is InChI=1S/C11H21N3O4S/c12-19(16,17)14-5-3-9(4-6-14)11(15)13-8-10-2-1-7-18-10/h9-10H,1-8H2,(H,13,15)(H2,12,16,17). The smallest absolute Gasteiger partial charge is 0.276 e. The van der Waals surface area contributed by atoms with E-state index in [0.29, 0.717) is 32.5 Å². The van der Waals surface area contributed by atoms with Crippen LogP contribution in [0.25, 0.3) is 0 Å². The summed E-state index contributed by atoms with van der Waals surface area (Å²) in [6.45, 7) is 1.95. The number of carbonyl (C=O) groups is 1. The maximum atomic E-state index is 11.9. The van der Waals surface area contributed by atoms with Gasteiger partial charge in [0, 0.05) is 32.2 Å². The van der Waals surface area contributed by atoms with Gasteiger partial charge in [-0.3, -0.25) is 4.79 Å². The van der Waals surface area contributed by atoms with Crippen LogP contribution in [0.5, 0.6) is 0 Å². The zero-order valence-electron chi connectivity index (χ0n) is 10.9. The molecular weight excluding hydrogens is 270 g/mol. The van der Waals surface area contributed by atoms with Crippen molar-refractivity contribution in [2.45, 2.75) is 31.8 Å². The van der Waals surface area contributed by atoms with Crippen LogP contribution in [-0.4, -0.2) is 51.0 Å². The van der Waals surface area contributed by atoms with Gasteiger partial charge in [-0.25, -0.2) is 5.14 Å². The molecule has 2 rings (SSSR count). The maximum absolute atomic E-state index is 11.9. The molecule has 3 N–H and O–H groups in total. The maximum Gasteiger partial charge on any atom is 0.276 e. The average Bonchev–Trinajstić information content (AvgIpc) is 2.88. The molecule has 0 aliphatic carbocycles. The van der Waals surface area contributed by atoms with E-state index in [4.69, 9.17) is 9.88 Å². The van der Waals surface area contributed by atoms with Crippen molar-refractivity contribution in [2.75, 3.05) is 26.2 Å². The van der Waals surface area contributed by atoms with Gasteiger partial charge in [-0.1, -0.05) is 0 Å². The molecule has 7 nitrogen and oxygen atoms in total. The first-order chi connectivity index (χ1) is 8.97. The van der Waals surface area contributed by atoms with Gasteiger partial charge in [0.2, 0.25) is 5.91 Å². The highest BCUT2D eigenvalue weighted by atomic mass is 32.2. The summed E-state index contributed by atoms with van der Waals surface area (Å²) >= 11 is 0. The summed E-state index contributed by atoms with van der Waals surface area (Å²) in [4.78, 5) is 11.9. The Morgan fingerprint density at radius 3 is 2.53 bits per heavy atom. The number of amides is 1. The lowest BCUT2D eigenvalue weighted by Crippen LogP contribution is -2.46. The molecule has 1 amide bonds. The summed E-state index contributed by atoms with van der Waals surface area (Å²) in [6.07, 6.45) is 3.22. The normalized spacial score (nSPS) is 26.5. The van der Waals surface area contributed by atoms with Gasteiger partial charge >= 0.3 is 0 Å². The quantitative estimate of drug-likeness (QED) is 0.707. The van der Waals surface area contributed by atoms with Gasteiger partial charge in [-0.2, -0.15) is 12.7 Å². The van der Waals surface area contributed by atoms with Gasteiger partial charge in [0.1, 0.15) is 0 Å². The molecule has 2 saturated heterocycles. The first kappa shape index (κ1) is 14.7. The van der Waals surface area contributed by atoms with Crippen molar-refractivity contribution in [1.82, 2.24) is 9.62 Å². The van der Waals surface area contributed by atoms with Gasteiger partial charge in [0.25, 0.3) is 10.2 Å². The monoisotopic (exact) mass is 291 g/mol. The Hall–Kier alpha value is -0.700. The molecule has 1 atom stereocenters. The van der Waals surface area contributed by atoms with Crippen molar-refractivity contribution in [1.29, 1.82) is 0 Å². The molecule has 2 aliphatic heterocycles. The second-order valence-corrected chi connectivity index (χ2v) is 6.64. The van der Waals surface area contributed by atoms with Gasteiger partial charge in [-0.05, 0) is 25.7 Å². The van der Waals surface area contributed by atoms with Gasteiger partial charge in [-0.15, -0.1) is 0 Å². The van der Waals surface area contributed by atoms with Crippen LogP contribution in [0.1, 0.15) is 25.7 Å². The van der Waals surface area contributed by atoms with Crippen LogP contribution in [0.3, 0.4) is 0 Å². The molecule has 0 aromatic carbocycles. The zero-order chi connectivity index (χ0) is 13.9. The summed E-state index contributed by atoms with van der Waals surface area (Å²) in [5, 5.41) is 7.94. The van der Waals surface area contributed by atoms with Crippen molar-refractivity contribution in [3.63, 3.8) is 0 Å². The molecule has 2 fully saturated rings. The molecular formula is C11H21N3O4S. The van der Waals surface area contributed by atoms with E-state index in [-0.39, 0.29) is 17.9 Å². The molecule has 110 valence electrons. The third kappa shape index (κ3) is 4.13. The lowest BCUT2D eigenvalue weighted by atomic mass is 9.97. The Balaban J connectivity index is 1.73. The van der Waals surface area contributed by atoms with E-state index in [0.717, 1.165) is 19.4 Å². The Bertz CT molecular complexity index is 412. The number of piperidine rings is 1. The van der Waals surface area contributed by atoms with E-state index >= 15 is 0 Å². The second kappa shape index (κ2) is 6.17. The summed E-state index contributed by atoms with van der Waals surface area (Å²) in [7, 11) is -3.62. The van der Waals surface area contributed by atoms with Crippen LogP contribution < -0.4 is 10.5 Å². The Kier molecular flexibility index (Phi) is 4.77. The van der Waals surface area contributed by atoms with Crippen molar-refractivity contribution >= 4 is 16.1 Å². The number of hydrogen-bond acceptors (Lipinski definition) is 4. The third-order valence-corrected chi connectivity index (χ3v) is 4.80. The fraction of sp³-hybridized carbons (Fsp3) is 0.909. The topological polar surface area (TPSA) is 102 Å².